The molecule has 0 amide bonds. The summed E-state index contributed by atoms with van der Waals surface area (Å²) in [6.45, 7) is 0. The standard InChI is InChI=1S/C18H13Br2N2/c1-21-16-5-3-2-4-13(16)14-8-9-22(11-18(14)21)17-7-6-12(19)10-15(17)20/h2-11H,1H3/q+1. The van der Waals surface area contributed by atoms with Gasteiger partial charge < -0.3 is 4.57 Å². The zero-order chi connectivity index (χ0) is 15.3. The van der Waals surface area contributed by atoms with E-state index in [0.29, 0.717) is 0 Å². The molecule has 0 spiro atoms. The van der Waals surface area contributed by atoms with Crippen molar-refractivity contribution in [1.29, 1.82) is 0 Å². The molecule has 0 N–H and O–H groups in total. The monoisotopic (exact) mass is 415 g/mol. The SMILES string of the molecule is Cn1c2ccccc2c2cc[n+](-c3ccc(Br)cc3Br)cc21. The van der Waals surface area contributed by atoms with Crippen molar-refractivity contribution in [1.82, 2.24) is 4.57 Å². The Kier molecular flexibility index (Phi) is 3.31. The van der Waals surface area contributed by atoms with Gasteiger partial charge in [-0.2, -0.15) is 4.57 Å². The lowest BCUT2D eigenvalue weighted by molar-refractivity contribution is -0.595. The molecule has 2 heterocycles. The van der Waals surface area contributed by atoms with E-state index in [1.165, 1.54) is 21.8 Å². The first kappa shape index (κ1) is 14.0. The van der Waals surface area contributed by atoms with Crippen LogP contribution in [0.4, 0.5) is 0 Å². The van der Waals surface area contributed by atoms with E-state index < -0.39 is 0 Å². The smallest absolute Gasteiger partial charge is 0.225 e. The van der Waals surface area contributed by atoms with Gasteiger partial charge in [-0.3, -0.25) is 0 Å². The normalized spacial score (nSPS) is 11.4. The molecule has 22 heavy (non-hydrogen) atoms. The Balaban J connectivity index is 2.01. The summed E-state index contributed by atoms with van der Waals surface area (Å²) in [6, 6.07) is 16.9. The van der Waals surface area contributed by atoms with Crippen LogP contribution in [0.1, 0.15) is 0 Å². The number of rotatable bonds is 1. The predicted octanol–water partition coefficient (Wildman–Crippen LogP) is 5.13. The van der Waals surface area contributed by atoms with Crippen molar-refractivity contribution < 1.29 is 4.57 Å². The van der Waals surface area contributed by atoms with Crippen molar-refractivity contribution in [2.75, 3.05) is 0 Å². The first-order valence-corrected chi connectivity index (χ1v) is 8.57. The van der Waals surface area contributed by atoms with Crippen molar-refractivity contribution in [2.45, 2.75) is 0 Å². The lowest BCUT2D eigenvalue weighted by Gasteiger charge is -2.01. The number of aromatic nitrogens is 2. The molecular weight excluding hydrogens is 404 g/mol. The maximum Gasteiger partial charge on any atom is 0.225 e. The van der Waals surface area contributed by atoms with Gasteiger partial charge in [0, 0.05) is 39.9 Å². The van der Waals surface area contributed by atoms with Gasteiger partial charge in [-0.25, -0.2) is 0 Å². The average Bonchev–Trinajstić information content (AvgIpc) is 2.81. The highest BCUT2D eigenvalue weighted by molar-refractivity contribution is 9.11. The molecule has 2 nitrogen and oxygen atoms in total. The number of hydrogen-bond acceptors (Lipinski definition) is 0. The van der Waals surface area contributed by atoms with Crippen LogP contribution in [0.25, 0.3) is 27.5 Å². The van der Waals surface area contributed by atoms with Crippen molar-refractivity contribution in [3.05, 3.63) is 69.9 Å². The Labute approximate surface area is 145 Å². The molecule has 0 aliphatic heterocycles. The second-order valence-corrected chi connectivity index (χ2v) is 7.09. The summed E-state index contributed by atoms with van der Waals surface area (Å²) < 4.78 is 6.52. The molecule has 0 saturated carbocycles. The highest BCUT2D eigenvalue weighted by Gasteiger charge is 2.15. The van der Waals surface area contributed by atoms with Gasteiger partial charge in [-0.05, 0) is 34.1 Å². The number of hydrogen-bond donors (Lipinski definition) is 0. The Morgan fingerprint density at radius 3 is 2.50 bits per heavy atom. The van der Waals surface area contributed by atoms with Crippen LogP contribution < -0.4 is 4.57 Å². The molecule has 0 aliphatic rings. The van der Waals surface area contributed by atoms with Crippen molar-refractivity contribution in [3.63, 3.8) is 0 Å². The topological polar surface area (TPSA) is 8.81 Å². The van der Waals surface area contributed by atoms with Gasteiger partial charge in [0.05, 0.1) is 4.47 Å². The lowest BCUT2D eigenvalue weighted by Crippen LogP contribution is -2.30. The number of pyridine rings is 1. The molecule has 0 fully saturated rings. The summed E-state index contributed by atoms with van der Waals surface area (Å²) in [7, 11) is 2.12. The molecule has 0 unspecified atom stereocenters. The Bertz CT molecular complexity index is 1020. The molecule has 4 rings (SSSR count). The van der Waals surface area contributed by atoms with E-state index >= 15 is 0 Å². The van der Waals surface area contributed by atoms with Crippen LogP contribution in [0.3, 0.4) is 0 Å². The maximum atomic E-state index is 3.64. The van der Waals surface area contributed by atoms with Gasteiger partial charge in [-0.15, -0.1) is 0 Å². The fraction of sp³-hybridized carbons (Fsp3) is 0.0556. The average molecular weight is 417 g/mol. The highest BCUT2D eigenvalue weighted by atomic mass is 79.9. The summed E-state index contributed by atoms with van der Waals surface area (Å²) in [5.74, 6) is 0. The molecule has 0 saturated heterocycles. The van der Waals surface area contributed by atoms with Gasteiger partial charge in [0.2, 0.25) is 5.69 Å². The van der Waals surface area contributed by atoms with Crippen LogP contribution in [0.5, 0.6) is 0 Å². The van der Waals surface area contributed by atoms with E-state index in [0.717, 1.165) is 14.6 Å². The zero-order valence-corrected chi connectivity index (χ0v) is 15.1. The first-order chi connectivity index (χ1) is 10.6. The van der Waals surface area contributed by atoms with Crippen molar-refractivity contribution >= 4 is 53.7 Å². The third-order valence-electron chi connectivity index (χ3n) is 4.04. The summed E-state index contributed by atoms with van der Waals surface area (Å²) in [4.78, 5) is 0. The van der Waals surface area contributed by atoms with Crippen LogP contribution in [-0.4, -0.2) is 4.57 Å². The minimum Gasteiger partial charge on any atom is -0.339 e. The minimum absolute atomic E-state index is 1.06. The van der Waals surface area contributed by atoms with Crippen LogP contribution in [0.15, 0.2) is 69.9 Å². The van der Waals surface area contributed by atoms with Crippen molar-refractivity contribution in [2.24, 2.45) is 7.05 Å². The fourth-order valence-corrected chi connectivity index (χ4v) is 4.20. The quantitative estimate of drug-likeness (QED) is 0.380. The molecular formula is C18H13Br2N2+. The van der Waals surface area contributed by atoms with Crippen LogP contribution in [-0.2, 0) is 7.05 Å². The lowest BCUT2D eigenvalue weighted by atomic mass is 10.2. The van der Waals surface area contributed by atoms with E-state index in [-0.39, 0.29) is 0 Å². The summed E-state index contributed by atoms with van der Waals surface area (Å²) in [5.41, 5.74) is 3.60. The van der Waals surface area contributed by atoms with E-state index in [4.69, 9.17) is 0 Å². The van der Waals surface area contributed by atoms with E-state index in [1.54, 1.807) is 0 Å². The molecule has 108 valence electrons. The summed E-state index contributed by atoms with van der Waals surface area (Å²) in [5, 5.41) is 2.57. The summed E-state index contributed by atoms with van der Waals surface area (Å²) in [6.07, 6.45) is 4.30. The third kappa shape index (κ3) is 2.09. The van der Waals surface area contributed by atoms with Gasteiger partial charge in [0.15, 0.2) is 12.4 Å². The fourth-order valence-electron chi connectivity index (χ4n) is 2.94. The van der Waals surface area contributed by atoms with E-state index in [9.17, 15) is 0 Å². The van der Waals surface area contributed by atoms with Crippen molar-refractivity contribution in [3.8, 4) is 5.69 Å². The van der Waals surface area contributed by atoms with Gasteiger partial charge in [0.25, 0.3) is 0 Å². The molecule has 2 aromatic carbocycles. The largest absolute Gasteiger partial charge is 0.339 e. The van der Waals surface area contributed by atoms with Gasteiger partial charge in [0.1, 0.15) is 5.52 Å². The van der Waals surface area contributed by atoms with Crippen LogP contribution >= 0.6 is 31.9 Å². The van der Waals surface area contributed by atoms with Crippen LogP contribution in [0, 0.1) is 0 Å². The minimum atomic E-state index is 1.06. The second-order valence-electron chi connectivity index (χ2n) is 5.32. The van der Waals surface area contributed by atoms with Crippen LogP contribution in [0.2, 0.25) is 0 Å². The molecule has 4 aromatic rings. The molecule has 4 heteroatoms. The predicted molar refractivity (Wildman–Crippen MR) is 97.4 cm³/mol. The summed E-state index contributed by atoms with van der Waals surface area (Å²) >= 11 is 7.14. The van der Waals surface area contributed by atoms with Gasteiger partial charge in [-0.1, -0.05) is 34.1 Å². The highest BCUT2D eigenvalue weighted by Crippen LogP contribution is 2.27. The molecule has 0 atom stereocenters. The second kappa shape index (κ2) is 5.21. The molecule has 0 bridgehead atoms. The number of halogens is 2. The number of aryl methyl sites for hydroxylation is 1. The Morgan fingerprint density at radius 1 is 0.909 bits per heavy atom. The third-order valence-corrected chi connectivity index (χ3v) is 5.17. The maximum absolute atomic E-state index is 3.64. The number of benzene rings is 2. The van der Waals surface area contributed by atoms with Gasteiger partial charge >= 0.3 is 0 Å². The van der Waals surface area contributed by atoms with E-state index in [2.05, 4.69) is 109 Å². The van der Waals surface area contributed by atoms with E-state index in [1.807, 2.05) is 0 Å². The Hall–Kier alpha value is -1.65. The zero-order valence-electron chi connectivity index (χ0n) is 11.9. The molecule has 0 aliphatic carbocycles. The Morgan fingerprint density at radius 2 is 1.68 bits per heavy atom. The molecule has 2 aromatic heterocycles. The number of nitrogens with zero attached hydrogens (tertiary/aromatic N) is 2. The number of para-hydroxylation sites is 1. The number of fused-ring (bicyclic) bond motifs is 3. The first-order valence-electron chi connectivity index (χ1n) is 6.99. The molecule has 0 radical (unpaired) electrons.